The Hall–Kier alpha value is -4.66. The molecule has 0 aliphatic heterocycles. The van der Waals surface area contributed by atoms with Gasteiger partial charge < -0.3 is 4.57 Å². The zero-order valence-corrected chi connectivity index (χ0v) is 21.5. The molecule has 2 heteroatoms. The maximum Gasteiger partial charge on any atom is 0.0541 e. The Balaban J connectivity index is 1.27. The fourth-order valence-electron chi connectivity index (χ4n) is 5.79. The van der Waals surface area contributed by atoms with Crippen molar-refractivity contribution in [1.29, 1.82) is 0 Å². The second kappa shape index (κ2) is 8.44. The Bertz CT molecular complexity index is 2080. The summed E-state index contributed by atoms with van der Waals surface area (Å²) in [6, 6.07) is 50.7. The SMILES string of the molecule is c1ccc(-c2cccc(-c3ccc4c(c3)sc3ccc(-n5c6ccccc6c6ccccc65)cc34)c2)cc1. The van der Waals surface area contributed by atoms with Crippen LogP contribution in [0.3, 0.4) is 0 Å². The Labute approximate surface area is 224 Å². The first-order chi connectivity index (χ1) is 18.8. The van der Waals surface area contributed by atoms with Crippen LogP contribution >= 0.6 is 11.3 Å². The van der Waals surface area contributed by atoms with Crippen molar-refractivity contribution in [3.8, 4) is 27.9 Å². The molecule has 0 amide bonds. The van der Waals surface area contributed by atoms with Gasteiger partial charge in [-0.25, -0.2) is 0 Å². The van der Waals surface area contributed by atoms with E-state index in [1.54, 1.807) is 0 Å². The highest BCUT2D eigenvalue weighted by Gasteiger charge is 2.14. The molecular formula is C36H23NS. The lowest BCUT2D eigenvalue weighted by atomic mass is 9.98. The van der Waals surface area contributed by atoms with Crippen LogP contribution in [0.1, 0.15) is 0 Å². The molecule has 0 aliphatic rings. The summed E-state index contributed by atoms with van der Waals surface area (Å²) in [7, 11) is 0. The Morgan fingerprint density at radius 2 is 1.00 bits per heavy atom. The zero-order chi connectivity index (χ0) is 25.1. The second-order valence-corrected chi connectivity index (χ2v) is 10.9. The van der Waals surface area contributed by atoms with Gasteiger partial charge >= 0.3 is 0 Å². The quantitative estimate of drug-likeness (QED) is 0.227. The molecule has 0 radical (unpaired) electrons. The van der Waals surface area contributed by atoms with Crippen LogP contribution in [-0.2, 0) is 0 Å². The summed E-state index contributed by atoms with van der Waals surface area (Å²) in [6.45, 7) is 0. The molecule has 2 heterocycles. The van der Waals surface area contributed by atoms with E-state index in [-0.39, 0.29) is 0 Å². The van der Waals surface area contributed by atoms with Gasteiger partial charge in [-0.2, -0.15) is 0 Å². The molecule has 0 N–H and O–H groups in total. The average Bonchev–Trinajstić information content (AvgIpc) is 3.52. The summed E-state index contributed by atoms with van der Waals surface area (Å²) < 4.78 is 5.04. The molecule has 38 heavy (non-hydrogen) atoms. The molecule has 178 valence electrons. The van der Waals surface area contributed by atoms with Gasteiger partial charge in [0.15, 0.2) is 0 Å². The van der Waals surface area contributed by atoms with Gasteiger partial charge in [0.25, 0.3) is 0 Å². The molecule has 0 aliphatic carbocycles. The van der Waals surface area contributed by atoms with Crippen molar-refractivity contribution in [3.63, 3.8) is 0 Å². The first-order valence-corrected chi connectivity index (χ1v) is 13.8. The van der Waals surface area contributed by atoms with E-state index in [4.69, 9.17) is 0 Å². The van der Waals surface area contributed by atoms with E-state index < -0.39 is 0 Å². The molecule has 1 nitrogen and oxygen atoms in total. The van der Waals surface area contributed by atoms with Gasteiger partial charge in [-0.1, -0.05) is 97.1 Å². The van der Waals surface area contributed by atoms with Crippen molar-refractivity contribution < 1.29 is 0 Å². The van der Waals surface area contributed by atoms with Crippen molar-refractivity contribution >= 4 is 53.3 Å². The van der Waals surface area contributed by atoms with E-state index in [0.717, 1.165) is 0 Å². The molecule has 8 aromatic rings. The maximum absolute atomic E-state index is 2.40. The van der Waals surface area contributed by atoms with E-state index in [9.17, 15) is 0 Å². The number of thiophene rings is 1. The predicted octanol–water partition coefficient (Wildman–Crippen LogP) is 10.5. The first-order valence-electron chi connectivity index (χ1n) is 12.9. The molecule has 6 aromatic carbocycles. The number of hydrogen-bond donors (Lipinski definition) is 0. The number of fused-ring (bicyclic) bond motifs is 6. The fraction of sp³-hybridized carbons (Fsp3) is 0. The highest BCUT2D eigenvalue weighted by molar-refractivity contribution is 7.25. The van der Waals surface area contributed by atoms with Crippen LogP contribution in [0, 0.1) is 0 Å². The largest absolute Gasteiger partial charge is 0.309 e. The second-order valence-electron chi connectivity index (χ2n) is 9.81. The molecule has 0 saturated carbocycles. The topological polar surface area (TPSA) is 4.93 Å². The van der Waals surface area contributed by atoms with Crippen LogP contribution < -0.4 is 0 Å². The van der Waals surface area contributed by atoms with E-state index in [1.165, 1.54) is 69.9 Å². The van der Waals surface area contributed by atoms with E-state index in [0.29, 0.717) is 0 Å². The molecule has 0 spiro atoms. The van der Waals surface area contributed by atoms with Gasteiger partial charge in [0.1, 0.15) is 0 Å². The number of aromatic nitrogens is 1. The van der Waals surface area contributed by atoms with E-state index in [1.807, 2.05) is 11.3 Å². The van der Waals surface area contributed by atoms with Gasteiger partial charge in [0, 0.05) is 36.6 Å². The number of rotatable bonds is 3. The summed E-state index contributed by atoms with van der Waals surface area (Å²) in [6.07, 6.45) is 0. The maximum atomic E-state index is 2.40. The van der Waals surface area contributed by atoms with Crippen LogP contribution in [0.15, 0.2) is 140 Å². The summed E-state index contributed by atoms with van der Waals surface area (Å²) in [5.74, 6) is 0. The standard InChI is InChI=1S/C36H23NS/c1-2-9-24(10-3-1)25-11-8-12-26(21-25)27-17-19-31-32-23-28(18-20-35(32)38-36(31)22-27)37-33-15-6-4-13-29(33)30-14-5-7-16-34(30)37/h1-23H. The summed E-state index contributed by atoms with van der Waals surface area (Å²) in [4.78, 5) is 0. The van der Waals surface area contributed by atoms with Crippen LogP contribution in [0.5, 0.6) is 0 Å². The molecule has 0 saturated heterocycles. The van der Waals surface area contributed by atoms with Gasteiger partial charge in [0.2, 0.25) is 0 Å². The van der Waals surface area contributed by atoms with E-state index >= 15 is 0 Å². The van der Waals surface area contributed by atoms with Crippen molar-refractivity contribution in [1.82, 2.24) is 4.57 Å². The lowest BCUT2D eigenvalue weighted by Crippen LogP contribution is -1.93. The first kappa shape index (κ1) is 21.4. The van der Waals surface area contributed by atoms with Gasteiger partial charge in [-0.3, -0.25) is 0 Å². The van der Waals surface area contributed by atoms with Gasteiger partial charge in [-0.05, 0) is 64.7 Å². The van der Waals surface area contributed by atoms with Crippen molar-refractivity contribution in [2.75, 3.05) is 0 Å². The van der Waals surface area contributed by atoms with Crippen molar-refractivity contribution in [3.05, 3.63) is 140 Å². The third-order valence-electron chi connectivity index (χ3n) is 7.60. The summed E-state index contributed by atoms with van der Waals surface area (Å²) >= 11 is 1.88. The number of hydrogen-bond acceptors (Lipinski definition) is 1. The molecule has 0 bridgehead atoms. The van der Waals surface area contributed by atoms with Gasteiger partial charge in [0.05, 0.1) is 11.0 Å². The minimum atomic E-state index is 1.20. The van der Waals surface area contributed by atoms with Crippen LogP contribution in [-0.4, -0.2) is 4.57 Å². The molecule has 0 atom stereocenters. The lowest BCUT2D eigenvalue weighted by molar-refractivity contribution is 1.19. The Morgan fingerprint density at radius 3 is 1.76 bits per heavy atom. The fourth-order valence-corrected chi connectivity index (χ4v) is 6.92. The summed E-state index contributed by atoms with van der Waals surface area (Å²) in [5.41, 5.74) is 8.68. The highest BCUT2D eigenvalue weighted by Crippen LogP contribution is 2.39. The van der Waals surface area contributed by atoms with Crippen LogP contribution in [0.4, 0.5) is 0 Å². The average molecular weight is 502 g/mol. The Morgan fingerprint density at radius 1 is 0.368 bits per heavy atom. The number of nitrogens with zero attached hydrogens (tertiary/aromatic N) is 1. The molecule has 0 fully saturated rings. The number of para-hydroxylation sites is 2. The normalized spacial score (nSPS) is 11.7. The van der Waals surface area contributed by atoms with Crippen LogP contribution in [0.25, 0.3) is 69.9 Å². The highest BCUT2D eigenvalue weighted by atomic mass is 32.1. The monoisotopic (exact) mass is 501 g/mol. The van der Waals surface area contributed by atoms with Crippen LogP contribution in [0.2, 0.25) is 0 Å². The third kappa shape index (κ3) is 3.31. The molecular weight excluding hydrogens is 478 g/mol. The molecule has 8 rings (SSSR count). The minimum Gasteiger partial charge on any atom is -0.309 e. The van der Waals surface area contributed by atoms with Crippen molar-refractivity contribution in [2.45, 2.75) is 0 Å². The third-order valence-corrected chi connectivity index (χ3v) is 8.73. The van der Waals surface area contributed by atoms with E-state index in [2.05, 4.69) is 144 Å². The smallest absolute Gasteiger partial charge is 0.0541 e. The zero-order valence-electron chi connectivity index (χ0n) is 20.6. The van der Waals surface area contributed by atoms with Crippen molar-refractivity contribution in [2.24, 2.45) is 0 Å². The molecule has 2 aromatic heterocycles. The predicted molar refractivity (Wildman–Crippen MR) is 165 cm³/mol. The van der Waals surface area contributed by atoms with Gasteiger partial charge in [-0.15, -0.1) is 11.3 Å². The summed E-state index contributed by atoms with van der Waals surface area (Å²) in [5, 5.41) is 5.21. The Kier molecular flexibility index (Phi) is 4.76. The minimum absolute atomic E-state index is 1.20. The lowest BCUT2D eigenvalue weighted by Gasteiger charge is -2.08. The number of benzene rings is 6. The molecule has 0 unspecified atom stereocenters.